The molecule has 0 unspecified atom stereocenters. The lowest BCUT2D eigenvalue weighted by atomic mass is 10.1. The Hall–Kier alpha value is -0.960. The highest BCUT2D eigenvalue weighted by Gasteiger charge is 1.88. The molecule has 0 aliphatic rings. The third kappa shape index (κ3) is 6.22. The summed E-state index contributed by atoms with van der Waals surface area (Å²) in [6.07, 6.45) is 2.39. The molecule has 72 valence electrons. The maximum atomic E-state index is 8.36. The smallest absolute Gasteiger partial charge is 0.290 e. The van der Waals surface area contributed by atoms with Crippen LogP contribution in [0.5, 0.6) is 0 Å². The zero-order valence-electron chi connectivity index (χ0n) is 7.60. The van der Waals surface area contributed by atoms with E-state index in [1.165, 1.54) is 18.4 Å². The summed E-state index contributed by atoms with van der Waals surface area (Å²) in [5, 5.41) is 6.89. The number of thiol groups is 1. The third-order valence-electron chi connectivity index (χ3n) is 1.48. The van der Waals surface area contributed by atoms with E-state index >= 15 is 0 Å². The van der Waals surface area contributed by atoms with Gasteiger partial charge in [-0.05, 0) is 24.1 Å². The Kier molecular flexibility index (Phi) is 7.11. The summed E-state index contributed by atoms with van der Waals surface area (Å²) in [4.78, 5) is 9.40. The minimum atomic E-state index is -0.250. The molecule has 3 heteroatoms. The quantitative estimate of drug-likeness (QED) is 0.566. The lowest BCUT2D eigenvalue weighted by molar-refractivity contribution is -0.122. The molecule has 2 nitrogen and oxygen atoms in total. The summed E-state index contributed by atoms with van der Waals surface area (Å²) in [7, 11) is 0. The molecule has 0 heterocycles. The summed E-state index contributed by atoms with van der Waals surface area (Å²) >= 11 is 4.20. The average molecular weight is 198 g/mol. The zero-order valence-corrected chi connectivity index (χ0v) is 8.50. The first-order chi connectivity index (χ1) is 6.24. The predicted octanol–water partition coefficient (Wildman–Crippen LogP) is 2.63. The van der Waals surface area contributed by atoms with Gasteiger partial charge in [0, 0.05) is 4.90 Å². The van der Waals surface area contributed by atoms with E-state index in [0.29, 0.717) is 0 Å². The van der Waals surface area contributed by atoms with Crippen molar-refractivity contribution in [2.75, 3.05) is 0 Å². The van der Waals surface area contributed by atoms with E-state index in [1.54, 1.807) is 0 Å². The molecule has 0 fully saturated rings. The molecule has 0 saturated carbocycles. The van der Waals surface area contributed by atoms with Gasteiger partial charge >= 0.3 is 0 Å². The number of carboxylic acid groups (broad SMARTS) is 1. The number of benzene rings is 1. The number of hydrogen-bond acceptors (Lipinski definition) is 2. The molecule has 1 aromatic rings. The second kappa shape index (κ2) is 7.68. The standard InChI is InChI=1S/C9H12S.CH2O2/c1-2-3-8-4-6-9(10)7-5-8;2-1-3/h4-7,10H,2-3H2,1H3;1H,(H,2,3). The largest absolute Gasteiger partial charge is 0.483 e. The number of aryl methyl sites for hydroxylation is 1. The molecule has 1 N–H and O–H groups in total. The normalized spacial score (nSPS) is 8.46. The Morgan fingerprint density at radius 2 is 1.85 bits per heavy atom. The van der Waals surface area contributed by atoms with Crippen molar-refractivity contribution in [2.24, 2.45) is 0 Å². The molecule has 0 aromatic heterocycles. The summed E-state index contributed by atoms with van der Waals surface area (Å²) in [5.74, 6) is 0. The Labute approximate surface area is 84.0 Å². The van der Waals surface area contributed by atoms with Gasteiger partial charge in [-0.25, -0.2) is 0 Å². The molecular formula is C10H14O2S. The van der Waals surface area contributed by atoms with Gasteiger partial charge in [-0.15, -0.1) is 12.6 Å². The van der Waals surface area contributed by atoms with E-state index in [9.17, 15) is 0 Å². The van der Waals surface area contributed by atoms with Crippen LogP contribution in [0.3, 0.4) is 0 Å². The van der Waals surface area contributed by atoms with Crippen LogP contribution >= 0.6 is 12.6 Å². The van der Waals surface area contributed by atoms with E-state index < -0.39 is 0 Å². The maximum absolute atomic E-state index is 8.36. The third-order valence-corrected chi connectivity index (χ3v) is 1.77. The monoisotopic (exact) mass is 198 g/mol. The predicted molar refractivity (Wildman–Crippen MR) is 56.4 cm³/mol. The van der Waals surface area contributed by atoms with Crippen molar-refractivity contribution in [2.45, 2.75) is 24.7 Å². The highest BCUT2D eigenvalue weighted by molar-refractivity contribution is 7.80. The molecule has 0 spiro atoms. The molecule has 0 atom stereocenters. The fourth-order valence-electron chi connectivity index (χ4n) is 0.951. The van der Waals surface area contributed by atoms with Gasteiger partial charge in [0.15, 0.2) is 0 Å². The highest BCUT2D eigenvalue weighted by atomic mass is 32.1. The molecule has 0 amide bonds. The van der Waals surface area contributed by atoms with Crippen LogP contribution in [0, 0.1) is 0 Å². The van der Waals surface area contributed by atoms with Crippen LogP contribution in [-0.2, 0) is 11.2 Å². The lowest BCUT2D eigenvalue weighted by Gasteiger charge is -1.96. The van der Waals surface area contributed by atoms with Crippen molar-refractivity contribution in [1.82, 2.24) is 0 Å². The Morgan fingerprint density at radius 3 is 2.23 bits per heavy atom. The first-order valence-corrected chi connectivity index (χ1v) is 4.55. The van der Waals surface area contributed by atoms with Crippen LogP contribution in [0.15, 0.2) is 29.2 Å². The van der Waals surface area contributed by atoms with Gasteiger partial charge in [-0.1, -0.05) is 25.5 Å². The van der Waals surface area contributed by atoms with Gasteiger partial charge in [0.2, 0.25) is 0 Å². The Balaban J connectivity index is 0.000000424. The van der Waals surface area contributed by atoms with Crippen molar-refractivity contribution < 1.29 is 9.90 Å². The van der Waals surface area contributed by atoms with Crippen LogP contribution in [0.25, 0.3) is 0 Å². The second-order valence-electron chi connectivity index (χ2n) is 2.52. The molecule has 0 aliphatic heterocycles. The van der Waals surface area contributed by atoms with Crippen molar-refractivity contribution in [1.29, 1.82) is 0 Å². The fraction of sp³-hybridized carbons (Fsp3) is 0.300. The number of hydrogen-bond donors (Lipinski definition) is 2. The van der Waals surface area contributed by atoms with Gasteiger partial charge in [-0.2, -0.15) is 0 Å². The van der Waals surface area contributed by atoms with Gasteiger partial charge in [0.25, 0.3) is 6.47 Å². The van der Waals surface area contributed by atoms with Crippen LogP contribution in [0.1, 0.15) is 18.9 Å². The Bertz CT molecular complexity index is 231. The Morgan fingerprint density at radius 1 is 1.38 bits per heavy atom. The van der Waals surface area contributed by atoms with Gasteiger partial charge in [0.05, 0.1) is 0 Å². The van der Waals surface area contributed by atoms with Crippen molar-refractivity contribution >= 4 is 19.1 Å². The SMILES string of the molecule is CCCc1ccc(S)cc1.O=CO. The first-order valence-electron chi connectivity index (χ1n) is 4.10. The molecular weight excluding hydrogens is 184 g/mol. The zero-order chi connectivity index (χ0) is 10.1. The van der Waals surface area contributed by atoms with Crippen LogP contribution in [0.2, 0.25) is 0 Å². The molecule has 0 saturated heterocycles. The second-order valence-corrected chi connectivity index (χ2v) is 3.04. The summed E-state index contributed by atoms with van der Waals surface area (Å²) in [5.41, 5.74) is 1.40. The summed E-state index contributed by atoms with van der Waals surface area (Å²) < 4.78 is 0. The molecule has 1 aromatic carbocycles. The van der Waals surface area contributed by atoms with Gasteiger partial charge < -0.3 is 5.11 Å². The molecule has 0 aliphatic carbocycles. The average Bonchev–Trinajstić information content (AvgIpc) is 2.11. The van der Waals surface area contributed by atoms with E-state index in [-0.39, 0.29) is 6.47 Å². The number of carbonyl (C=O) groups is 1. The summed E-state index contributed by atoms with van der Waals surface area (Å²) in [6, 6.07) is 8.33. The van der Waals surface area contributed by atoms with Crippen molar-refractivity contribution in [3.63, 3.8) is 0 Å². The molecule has 0 radical (unpaired) electrons. The van der Waals surface area contributed by atoms with Gasteiger partial charge in [-0.3, -0.25) is 4.79 Å². The number of rotatable bonds is 2. The maximum Gasteiger partial charge on any atom is 0.290 e. The van der Waals surface area contributed by atoms with E-state index in [4.69, 9.17) is 9.90 Å². The van der Waals surface area contributed by atoms with Crippen LogP contribution in [-0.4, -0.2) is 11.6 Å². The van der Waals surface area contributed by atoms with Crippen molar-refractivity contribution in [3.05, 3.63) is 29.8 Å². The van der Waals surface area contributed by atoms with Gasteiger partial charge in [0.1, 0.15) is 0 Å². The van der Waals surface area contributed by atoms with E-state index in [2.05, 4.69) is 31.7 Å². The topological polar surface area (TPSA) is 37.3 Å². The molecule has 0 bridgehead atoms. The van der Waals surface area contributed by atoms with Crippen molar-refractivity contribution in [3.8, 4) is 0 Å². The summed E-state index contributed by atoms with van der Waals surface area (Å²) in [6.45, 7) is 1.94. The molecule has 1 rings (SSSR count). The minimum Gasteiger partial charge on any atom is -0.483 e. The molecule has 13 heavy (non-hydrogen) atoms. The lowest BCUT2D eigenvalue weighted by Crippen LogP contribution is -1.80. The van der Waals surface area contributed by atoms with E-state index in [1.807, 2.05) is 12.1 Å². The van der Waals surface area contributed by atoms with Crippen LogP contribution < -0.4 is 0 Å². The fourth-order valence-corrected chi connectivity index (χ4v) is 1.10. The minimum absolute atomic E-state index is 0.250. The van der Waals surface area contributed by atoms with E-state index in [0.717, 1.165) is 4.90 Å². The highest BCUT2D eigenvalue weighted by Crippen LogP contribution is 2.08. The van der Waals surface area contributed by atoms with Crippen LogP contribution in [0.4, 0.5) is 0 Å². The first kappa shape index (κ1) is 12.0.